The van der Waals surface area contributed by atoms with E-state index in [0.29, 0.717) is 29.9 Å². The van der Waals surface area contributed by atoms with Gasteiger partial charge in [0.2, 0.25) is 0 Å². The van der Waals surface area contributed by atoms with Crippen LogP contribution in [-0.4, -0.2) is 36.7 Å². The molecule has 126 valence electrons. The number of carboxylic acid groups (broad SMARTS) is 1. The van der Waals surface area contributed by atoms with Gasteiger partial charge in [0.1, 0.15) is 0 Å². The number of ether oxygens (including phenoxy) is 2. The molecule has 1 aromatic carbocycles. The molecule has 0 bridgehead atoms. The van der Waals surface area contributed by atoms with Crippen LogP contribution in [0, 0.1) is 5.92 Å². The van der Waals surface area contributed by atoms with Gasteiger partial charge in [0.25, 0.3) is 5.91 Å². The third-order valence-corrected chi connectivity index (χ3v) is 4.55. The Hall–Kier alpha value is -2.24. The molecule has 2 unspecified atom stereocenters. The van der Waals surface area contributed by atoms with E-state index in [-0.39, 0.29) is 5.91 Å². The summed E-state index contributed by atoms with van der Waals surface area (Å²) in [7, 11) is 3.03. The van der Waals surface area contributed by atoms with Crippen molar-refractivity contribution < 1.29 is 24.2 Å². The Morgan fingerprint density at radius 1 is 1.22 bits per heavy atom. The summed E-state index contributed by atoms with van der Waals surface area (Å²) in [5.41, 5.74) is -0.326. The molecule has 1 aliphatic rings. The molecule has 1 aliphatic carbocycles. The van der Waals surface area contributed by atoms with Gasteiger partial charge in [-0.2, -0.15) is 0 Å². The van der Waals surface area contributed by atoms with E-state index in [4.69, 9.17) is 9.47 Å². The average Bonchev–Trinajstić information content (AvgIpc) is 2.53. The molecule has 1 aromatic rings. The zero-order valence-corrected chi connectivity index (χ0v) is 13.7. The first-order valence-electron chi connectivity index (χ1n) is 7.68. The molecular weight excluding hydrogens is 298 g/mol. The summed E-state index contributed by atoms with van der Waals surface area (Å²) in [6.45, 7) is 1.81. The van der Waals surface area contributed by atoms with Gasteiger partial charge in [-0.3, -0.25) is 9.59 Å². The Bertz CT molecular complexity index is 601. The Balaban J connectivity index is 2.22. The maximum absolute atomic E-state index is 12.6. The fourth-order valence-corrected chi connectivity index (χ4v) is 3.19. The van der Waals surface area contributed by atoms with E-state index >= 15 is 0 Å². The molecule has 0 aromatic heterocycles. The standard InChI is InChI=1S/C17H23NO5/c1-17(9-5-4-6-12(17)16(20)21)18-15(19)11-7-8-13(22-2)14(10-11)23-3/h7-8,10,12H,4-6,9H2,1-3H3,(H,18,19)(H,20,21). The highest BCUT2D eigenvalue weighted by Gasteiger charge is 2.42. The summed E-state index contributed by atoms with van der Waals surface area (Å²) in [5, 5.41) is 12.3. The highest BCUT2D eigenvalue weighted by molar-refractivity contribution is 5.95. The Kier molecular flexibility index (Phi) is 5.13. The first-order chi connectivity index (χ1) is 10.9. The molecule has 6 nitrogen and oxygen atoms in total. The number of carboxylic acids is 1. The lowest BCUT2D eigenvalue weighted by Gasteiger charge is -2.39. The maximum atomic E-state index is 12.6. The van der Waals surface area contributed by atoms with Crippen LogP contribution in [0.15, 0.2) is 18.2 Å². The largest absolute Gasteiger partial charge is 0.493 e. The number of benzene rings is 1. The van der Waals surface area contributed by atoms with Crippen molar-refractivity contribution in [1.82, 2.24) is 5.32 Å². The summed E-state index contributed by atoms with van der Waals surface area (Å²) in [5.74, 6) is -0.734. The van der Waals surface area contributed by atoms with Crippen LogP contribution in [0.2, 0.25) is 0 Å². The lowest BCUT2D eigenvalue weighted by atomic mass is 9.73. The van der Waals surface area contributed by atoms with Crippen molar-refractivity contribution in [1.29, 1.82) is 0 Å². The summed E-state index contributed by atoms with van der Waals surface area (Å²) < 4.78 is 10.4. The summed E-state index contributed by atoms with van der Waals surface area (Å²) in [6.07, 6.45) is 3.02. The predicted molar refractivity (Wildman–Crippen MR) is 85.0 cm³/mol. The van der Waals surface area contributed by atoms with Gasteiger partial charge in [-0.05, 0) is 38.0 Å². The predicted octanol–water partition coefficient (Wildman–Crippen LogP) is 2.47. The number of rotatable bonds is 5. The van der Waals surface area contributed by atoms with Gasteiger partial charge < -0.3 is 19.9 Å². The van der Waals surface area contributed by atoms with E-state index in [0.717, 1.165) is 12.8 Å². The first kappa shape index (κ1) is 17.1. The molecule has 1 amide bonds. The van der Waals surface area contributed by atoms with Gasteiger partial charge in [-0.25, -0.2) is 0 Å². The molecule has 0 saturated heterocycles. The van der Waals surface area contributed by atoms with Crippen LogP contribution in [0.1, 0.15) is 43.0 Å². The quantitative estimate of drug-likeness (QED) is 0.870. The van der Waals surface area contributed by atoms with Gasteiger partial charge in [-0.15, -0.1) is 0 Å². The molecule has 6 heteroatoms. The molecule has 1 saturated carbocycles. The summed E-state index contributed by atoms with van der Waals surface area (Å²) >= 11 is 0. The fraction of sp³-hybridized carbons (Fsp3) is 0.529. The molecule has 2 atom stereocenters. The number of carbonyl (C=O) groups is 2. The van der Waals surface area contributed by atoms with Gasteiger partial charge >= 0.3 is 5.97 Å². The number of hydrogen-bond donors (Lipinski definition) is 2. The van der Waals surface area contributed by atoms with Crippen LogP contribution in [-0.2, 0) is 4.79 Å². The van der Waals surface area contributed by atoms with Crippen molar-refractivity contribution in [2.24, 2.45) is 5.92 Å². The summed E-state index contributed by atoms with van der Waals surface area (Å²) in [6, 6.07) is 4.89. The monoisotopic (exact) mass is 321 g/mol. The second-order valence-corrected chi connectivity index (χ2v) is 6.08. The van der Waals surface area contributed by atoms with Gasteiger partial charge in [0.05, 0.1) is 25.7 Å². The minimum Gasteiger partial charge on any atom is -0.493 e. The minimum atomic E-state index is -0.861. The SMILES string of the molecule is COc1ccc(C(=O)NC2(C)CCCCC2C(=O)O)cc1OC. The second kappa shape index (κ2) is 6.89. The topological polar surface area (TPSA) is 84.9 Å². The highest BCUT2D eigenvalue weighted by Crippen LogP contribution is 2.34. The molecule has 2 rings (SSSR count). The number of methoxy groups -OCH3 is 2. The lowest BCUT2D eigenvalue weighted by Crippen LogP contribution is -2.55. The number of amides is 1. The molecule has 1 fully saturated rings. The maximum Gasteiger partial charge on any atom is 0.308 e. The highest BCUT2D eigenvalue weighted by atomic mass is 16.5. The Labute approximate surface area is 135 Å². The zero-order chi connectivity index (χ0) is 17.0. The van der Waals surface area contributed by atoms with Crippen LogP contribution in [0.25, 0.3) is 0 Å². The van der Waals surface area contributed by atoms with Crippen LogP contribution in [0.3, 0.4) is 0 Å². The summed E-state index contributed by atoms with van der Waals surface area (Å²) in [4.78, 5) is 24.0. The first-order valence-corrected chi connectivity index (χ1v) is 7.68. The molecule has 0 aliphatic heterocycles. The fourth-order valence-electron chi connectivity index (χ4n) is 3.19. The van der Waals surface area contributed by atoms with Crippen molar-refractivity contribution >= 4 is 11.9 Å². The van der Waals surface area contributed by atoms with Gasteiger partial charge in [-0.1, -0.05) is 12.8 Å². The van der Waals surface area contributed by atoms with E-state index in [2.05, 4.69) is 5.32 Å². The smallest absolute Gasteiger partial charge is 0.308 e. The lowest BCUT2D eigenvalue weighted by molar-refractivity contribution is -0.145. The molecule has 0 radical (unpaired) electrons. The molecular formula is C17H23NO5. The van der Waals surface area contributed by atoms with E-state index in [1.807, 2.05) is 6.92 Å². The molecule has 0 heterocycles. The average molecular weight is 321 g/mol. The number of aliphatic carboxylic acids is 1. The van der Waals surface area contributed by atoms with Crippen molar-refractivity contribution in [2.45, 2.75) is 38.1 Å². The van der Waals surface area contributed by atoms with Gasteiger partial charge in [0.15, 0.2) is 11.5 Å². The van der Waals surface area contributed by atoms with Crippen LogP contribution in [0.4, 0.5) is 0 Å². The van der Waals surface area contributed by atoms with Gasteiger partial charge in [0, 0.05) is 5.56 Å². The van der Waals surface area contributed by atoms with Crippen molar-refractivity contribution in [3.05, 3.63) is 23.8 Å². The second-order valence-electron chi connectivity index (χ2n) is 6.08. The van der Waals surface area contributed by atoms with E-state index in [1.165, 1.54) is 14.2 Å². The zero-order valence-electron chi connectivity index (χ0n) is 13.7. The van der Waals surface area contributed by atoms with Crippen molar-refractivity contribution in [3.8, 4) is 11.5 Å². The third-order valence-electron chi connectivity index (χ3n) is 4.55. The van der Waals surface area contributed by atoms with Crippen LogP contribution in [0.5, 0.6) is 11.5 Å². The molecule has 0 spiro atoms. The Morgan fingerprint density at radius 3 is 2.52 bits per heavy atom. The number of carbonyl (C=O) groups excluding carboxylic acids is 1. The van der Waals surface area contributed by atoms with E-state index < -0.39 is 17.4 Å². The van der Waals surface area contributed by atoms with E-state index in [1.54, 1.807) is 18.2 Å². The van der Waals surface area contributed by atoms with Crippen LogP contribution >= 0.6 is 0 Å². The van der Waals surface area contributed by atoms with E-state index in [9.17, 15) is 14.7 Å². The van der Waals surface area contributed by atoms with Crippen molar-refractivity contribution in [2.75, 3.05) is 14.2 Å². The number of hydrogen-bond acceptors (Lipinski definition) is 4. The normalized spacial score (nSPS) is 23.9. The van der Waals surface area contributed by atoms with Crippen LogP contribution < -0.4 is 14.8 Å². The third kappa shape index (κ3) is 3.57. The molecule has 23 heavy (non-hydrogen) atoms. The van der Waals surface area contributed by atoms with Crippen molar-refractivity contribution in [3.63, 3.8) is 0 Å². The molecule has 2 N–H and O–H groups in total. The number of nitrogens with one attached hydrogen (secondary N) is 1. The Morgan fingerprint density at radius 2 is 1.91 bits per heavy atom. The minimum absolute atomic E-state index is 0.304.